The van der Waals surface area contributed by atoms with Gasteiger partial charge in [0.25, 0.3) is 0 Å². The zero-order valence-corrected chi connectivity index (χ0v) is 13.9. The van der Waals surface area contributed by atoms with E-state index < -0.39 is 33.3 Å². The van der Waals surface area contributed by atoms with Crippen LogP contribution in [0.1, 0.15) is 44.9 Å². The molecule has 0 bridgehead atoms. The van der Waals surface area contributed by atoms with E-state index in [0.29, 0.717) is 18.5 Å². The molecule has 1 aliphatic carbocycles. The molecule has 1 unspecified atom stereocenters. The molecular weight excluding hydrogens is 337 g/mol. The molecule has 1 aliphatic rings. The minimum atomic E-state index is -4.48. The maximum Gasteiger partial charge on any atom is 0.417 e. The van der Waals surface area contributed by atoms with Crippen molar-refractivity contribution >= 4 is 29.2 Å². The molecule has 0 saturated heterocycles. The molecule has 1 fully saturated rings. The summed E-state index contributed by atoms with van der Waals surface area (Å²) in [4.78, 5) is 3.88. The first-order valence-corrected chi connectivity index (χ1v) is 8.15. The zero-order chi connectivity index (χ0) is 16.8. The van der Waals surface area contributed by atoms with Crippen molar-refractivity contribution < 1.29 is 17.7 Å². The Morgan fingerprint density at radius 3 is 2.36 bits per heavy atom. The largest absolute Gasteiger partial charge is 0.591 e. The average molecular weight is 353 g/mol. The van der Waals surface area contributed by atoms with E-state index in [9.17, 15) is 17.7 Å². The molecule has 0 radical (unpaired) electrons. The number of pyridine rings is 1. The van der Waals surface area contributed by atoms with Gasteiger partial charge in [0, 0.05) is 6.20 Å². The second-order valence-corrected chi connectivity index (χ2v) is 8.65. The van der Waals surface area contributed by atoms with Crippen LogP contribution in [0.3, 0.4) is 0 Å². The van der Waals surface area contributed by atoms with Crippen LogP contribution in [0.15, 0.2) is 16.7 Å². The Morgan fingerprint density at radius 2 is 1.95 bits per heavy atom. The lowest BCUT2D eigenvalue weighted by Gasteiger charge is -2.19. The summed E-state index contributed by atoms with van der Waals surface area (Å²) in [6.07, 6.45) is -0.828. The molecule has 22 heavy (non-hydrogen) atoms. The number of aromatic nitrogens is 1. The predicted octanol–water partition coefficient (Wildman–Crippen LogP) is 4.32. The molecule has 0 N–H and O–H groups in total. The van der Waals surface area contributed by atoms with Gasteiger partial charge in [0.1, 0.15) is 16.1 Å². The molecule has 0 aromatic carbocycles. The average Bonchev–Trinajstić information content (AvgIpc) is 3.14. The van der Waals surface area contributed by atoms with E-state index >= 15 is 0 Å². The van der Waals surface area contributed by atoms with Crippen molar-refractivity contribution in [1.82, 2.24) is 4.98 Å². The van der Waals surface area contributed by atoms with Crippen LogP contribution >= 0.6 is 11.6 Å². The number of alkyl halides is 3. The highest BCUT2D eigenvalue weighted by atomic mass is 35.5. The molecule has 0 amide bonds. The first-order valence-electron chi connectivity index (χ1n) is 6.66. The van der Waals surface area contributed by atoms with Crippen molar-refractivity contribution in [2.24, 2.45) is 4.40 Å². The van der Waals surface area contributed by atoms with Gasteiger partial charge in [0.2, 0.25) is 0 Å². The number of rotatable bonds is 3. The van der Waals surface area contributed by atoms with Crippen LogP contribution in [-0.4, -0.2) is 20.5 Å². The fourth-order valence-electron chi connectivity index (χ4n) is 1.83. The number of hydrogen-bond donors (Lipinski definition) is 0. The summed E-state index contributed by atoms with van der Waals surface area (Å²) in [5.41, 5.74) is -1.12. The molecule has 1 atom stereocenters. The van der Waals surface area contributed by atoms with Crippen LogP contribution in [0, 0.1) is 0 Å². The van der Waals surface area contributed by atoms with Gasteiger partial charge < -0.3 is 4.55 Å². The van der Waals surface area contributed by atoms with Crippen molar-refractivity contribution in [3.05, 3.63) is 28.5 Å². The monoisotopic (exact) mass is 352 g/mol. The SMILES string of the molecule is CC(C)(C)[S+]([O-])/N=C\C1(c2ncc(C(F)(F)F)cc2Cl)CC1. The van der Waals surface area contributed by atoms with Gasteiger partial charge in [-0.2, -0.15) is 13.2 Å². The summed E-state index contributed by atoms with van der Waals surface area (Å²) in [7, 11) is 0. The van der Waals surface area contributed by atoms with Gasteiger partial charge in [-0.3, -0.25) is 4.98 Å². The lowest BCUT2D eigenvalue weighted by atomic mass is 10.0. The third-order valence-electron chi connectivity index (χ3n) is 3.35. The van der Waals surface area contributed by atoms with E-state index in [1.54, 1.807) is 20.8 Å². The number of hydrogen-bond acceptors (Lipinski definition) is 3. The van der Waals surface area contributed by atoms with E-state index in [2.05, 4.69) is 9.38 Å². The van der Waals surface area contributed by atoms with Gasteiger partial charge >= 0.3 is 6.18 Å². The molecule has 1 aromatic rings. The predicted molar refractivity (Wildman–Crippen MR) is 81.5 cm³/mol. The Bertz CT molecular complexity index is 595. The maximum atomic E-state index is 12.6. The van der Waals surface area contributed by atoms with Crippen molar-refractivity contribution in [1.29, 1.82) is 0 Å². The van der Waals surface area contributed by atoms with Gasteiger partial charge in [0.15, 0.2) is 0 Å². The molecule has 1 saturated carbocycles. The summed E-state index contributed by atoms with van der Waals surface area (Å²) < 4.78 is 53.4. The van der Waals surface area contributed by atoms with Gasteiger partial charge in [-0.25, -0.2) is 0 Å². The normalized spacial score (nSPS) is 19.5. The minimum Gasteiger partial charge on any atom is -0.591 e. The summed E-state index contributed by atoms with van der Waals surface area (Å²) in [5, 5.41) is -0.0414. The minimum absolute atomic E-state index is 0.0414. The van der Waals surface area contributed by atoms with Crippen molar-refractivity contribution in [2.45, 2.75) is 50.0 Å². The lowest BCUT2D eigenvalue weighted by Crippen LogP contribution is -2.27. The topological polar surface area (TPSA) is 48.3 Å². The Kier molecular flexibility index (Phi) is 4.54. The fourth-order valence-corrected chi connectivity index (χ4v) is 2.80. The van der Waals surface area contributed by atoms with Crippen LogP contribution in [0.2, 0.25) is 5.02 Å². The van der Waals surface area contributed by atoms with E-state index in [0.717, 1.165) is 12.3 Å². The maximum absolute atomic E-state index is 12.6. The smallest absolute Gasteiger partial charge is 0.417 e. The summed E-state index contributed by atoms with van der Waals surface area (Å²) in [6, 6.07) is 0.874. The number of halogens is 4. The second kappa shape index (κ2) is 5.69. The fraction of sp³-hybridized carbons (Fsp3) is 0.571. The van der Waals surface area contributed by atoms with Crippen LogP contribution < -0.4 is 0 Å². The third kappa shape index (κ3) is 3.75. The molecule has 122 valence electrons. The van der Waals surface area contributed by atoms with Crippen LogP contribution in [-0.2, 0) is 23.0 Å². The number of nitrogens with zero attached hydrogens (tertiary/aromatic N) is 2. The van der Waals surface area contributed by atoms with Gasteiger partial charge in [-0.05, 0) is 39.7 Å². The highest BCUT2D eigenvalue weighted by molar-refractivity contribution is 7.91. The molecule has 3 nitrogen and oxygen atoms in total. The standard InChI is InChI=1S/C14H16ClF3N2OS/c1-12(2,3)22(21)20-8-13(4-5-13)11-10(15)6-9(7-19-11)14(16,17)18/h6-8H,4-5H2,1-3H3/b20-8-. The summed E-state index contributed by atoms with van der Waals surface area (Å²) >= 11 is 4.54. The molecule has 2 rings (SSSR count). The Morgan fingerprint density at radius 1 is 1.36 bits per heavy atom. The third-order valence-corrected chi connectivity index (χ3v) is 4.98. The highest BCUT2D eigenvalue weighted by Crippen LogP contribution is 2.49. The van der Waals surface area contributed by atoms with Crippen LogP contribution in [0.25, 0.3) is 0 Å². The van der Waals surface area contributed by atoms with E-state index in [1.165, 1.54) is 6.21 Å². The molecule has 1 aromatic heterocycles. The van der Waals surface area contributed by atoms with E-state index in [4.69, 9.17) is 11.6 Å². The summed E-state index contributed by atoms with van der Waals surface area (Å²) in [6.45, 7) is 5.39. The molecule has 8 heteroatoms. The first-order chi connectivity index (χ1) is 9.96. The van der Waals surface area contributed by atoms with Crippen LogP contribution in [0.5, 0.6) is 0 Å². The molecular formula is C14H16ClF3N2OS. The quantitative estimate of drug-likeness (QED) is 0.601. The van der Waals surface area contributed by atoms with Gasteiger partial charge in [0.05, 0.1) is 27.9 Å². The zero-order valence-electron chi connectivity index (χ0n) is 12.4. The second-order valence-electron chi connectivity index (χ2n) is 6.30. The Labute approximate surface area is 135 Å². The molecule has 0 spiro atoms. The van der Waals surface area contributed by atoms with Gasteiger partial charge in [-0.15, -0.1) is 0 Å². The lowest BCUT2D eigenvalue weighted by molar-refractivity contribution is -0.137. The van der Waals surface area contributed by atoms with Crippen molar-refractivity contribution in [3.63, 3.8) is 0 Å². The van der Waals surface area contributed by atoms with Crippen molar-refractivity contribution in [2.75, 3.05) is 0 Å². The highest BCUT2D eigenvalue weighted by Gasteiger charge is 2.47. The first kappa shape index (κ1) is 17.6. The molecule has 0 aliphatic heterocycles. The van der Waals surface area contributed by atoms with E-state index in [-0.39, 0.29) is 5.02 Å². The molecule has 1 heterocycles. The Balaban J connectivity index is 2.26. The van der Waals surface area contributed by atoms with Crippen molar-refractivity contribution in [3.8, 4) is 0 Å². The Hall–Kier alpha value is -0.790. The van der Waals surface area contributed by atoms with E-state index in [1.807, 2.05) is 0 Å². The van der Waals surface area contributed by atoms with Gasteiger partial charge in [-0.1, -0.05) is 16.0 Å². The summed E-state index contributed by atoms with van der Waals surface area (Å²) in [5.74, 6) is 0. The van der Waals surface area contributed by atoms with Crippen LogP contribution in [0.4, 0.5) is 13.2 Å².